The van der Waals surface area contributed by atoms with Gasteiger partial charge in [0.25, 0.3) is 0 Å². The maximum atomic E-state index is 13.4. The number of nitrogens with zero attached hydrogens (tertiary/aromatic N) is 1. The molecule has 3 aliphatic heterocycles. The van der Waals surface area contributed by atoms with E-state index in [-0.39, 0.29) is 30.9 Å². The highest BCUT2D eigenvalue weighted by Gasteiger charge is 2.50. The second-order valence-electron chi connectivity index (χ2n) is 8.56. The molecule has 3 aliphatic rings. The smallest absolute Gasteiger partial charge is 0.348 e. The zero-order valence-electron chi connectivity index (χ0n) is 17.7. The number of fused-ring (bicyclic) bond motifs is 3. The number of hydrogen-bond acceptors (Lipinski definition) is 4. The molecule has 2 aromatic carbocycles. The van der Waals surface area contributed by atoms with Crippen LogP contribution in [0.4, 0.5) is 0 Å². The van der Waals surface area contributed by atoms with Crippen molar-refractivity contribution in [3.05, 3.63) is 71.8 Å². The van der Waals surface area contributed by atoms with Crippen LogP contribution in [0.1, 0.15) is 30.4 Å². The molecule has 31 heavy (non-hydrogen) atoms. The van der Waals surface area contributed by atoms with Gasteiger partial charge in [-0.3, -0.25) is 0 Å². The molecule has 3 heterocycles. The van der Waals surface area contributed by atoms with Crippen LogP contribution in [0, 0.1) is 5.92 Å². The third-order valence-electron chi connectivity index (χ3n) is 6.82. The molecule has 170 valence electrons. The van der Waals surface area contributed by atoms with Gasteiger partial charge < -0.3 is 32.5 Å². The maximum Gasteiger partial charge on any atom is 0.348 e. The lowest BCUT2D eigenvalue weighted by Gasteiger charge is -2.52. The van der Waals surface area contributed by atoms with Crippen LogP contribution in [0.3, 0.4) is 0 Å². The molecule has 3 saturated heterocycles. The molecule has 0 radical (unpaired) electrons. The summed E-state index contributed by atoms with van der Waals surface area (Å²) in [7, 11) is 0. The van der Waals surface area contributed by atoms with E-state index in [0.717, 1.165) is 49.9 Å². The monoisotopic (exact) mass is 466 g/mol. The molecule has 0 saturated carbocycles. The van der Waals surface area contributed by atoms with Gasteiger partial charge in [0.15, 0.2) is 6.10 Å². The van der Waals surface area contributed by atoms with Crippen molar-refractivity contribution in [2.75, 3.05) is 32.7 Å². The van der Waals surface area contributed by atoms with E-state index in [0.29, 0.717) is 23.6 Å². The van der Waals surface area contributed by atoms with Gasteiger partial charge in [-0.25, -0.2) is 4.79 Å². The zero-order valence-corrected chi connectivity index (χ0v) is 19.2. The number of carbonyl (C=O) groups is 1. The number of esters is 1. The second-order valence-corrected chi connectivity index (χ2v) is 8.56. The molecule has 0 aliphatic carbocycles. The van der Waals surface area contributed by atoms with Gasteiger partial charge in [0.2, 0.25) is 5.60 Å². The first kappa shape index (κ1) is 25.6. The highest BCUT2D eigenvalue weighted by Crippen LogP contribution is 2.38. The topological polar surface area (TPSA) is 72.5 Å². The van der Waals surface area contributed by atoms with Crippen molar-refractivity contribution in [1.82, 2.24) is 0 Å². The summed E-state index contributed by atoms with van der Waals surface area (Å²) in [6, 6.07) is 18.2. The summed E-state index contributed by atoms with van der Waals surface area (Å²) in [5.41, 5.74) is 5.00. The molecular weight excluding hydrogens is 435 g/mol. The molecule has 2 aromatic rings. The van der Waals surface area contributed by atoms with Gasteiger partial charge in [-0.15, -0.1) is 12.4 Å². The summed E-state index contributed by atoms with van der Waals surface area (Å²) < 4.78 is 7.06. The number of benzene rings is 2. The number of quaternary nitrogens is 1. The van der Waals surface area contributed by atoms with Crippen molar-refractivity contribution < 1.29 is 31.5 Å². The lowest BCUT2D eigenvalue weighted by molar-refractivity contribution is -0.946. The van der Waals surface area contributed by atoms with Crippen molar-refractivity contribution >= 4 is 18.4 Å². The van der Waals surface area contributed by atoms with Crippen LogP contribution in [0.15, 0.2) is 60.7 Å². The van der Waals surface area contributed by atoms with Gasteiger partial charge in [-0.05, 0) is 17.7 Å². The van der Waals surface area contributed by atoms with Gasteiger partial charge in [-0.2, -0.15) is 0 Å². The Labute approximate surface area is 197 Å². The van der Waals surface area contributed by atoms with Crippen LogP contribution in [0.25, 0.3) is 0 Å². The van der Waals surface area contributed by atoms with Crippen molar-refractivity contribution in [1.29, 1.82) is 0 Å². The molecule has 3 fully saturated rings. The minimum atomic E-state index is -1.81. The van der Waals surface area contributed by atoms with Crippen molar-refractivity contribution in [3.8, 4) is 0 Å². The first-order valence-electron chi connectivity index (χ1n) is 10.7. The Kier molecular flexibility index (Phi) is 8.92. The molecule has 0 unspecified atom stereocenters. The van der Waals surface area contributed by atoms with Gasteiger partial charge in [0, 0.05) is 25.2 Å². The van der Waals surface area contributed by atoms with Crippen LogP contribution in [0.2, 0.25) is 0 Å². The van der Waals surface area contributed by atoms with E-state index in [1.165, 1.54) is 0 Å². The fourth-order valence-electron chi connectivity index (χ4n) is 5.08. The molecule has 1 atom stereocenters. The Hall–Kier alpha value is -1.63. The van der Waals surface area contributed by atoms with E-state index in [9.17, 15) is 9.90 Å². The number of halogens is 2. The van der Waals surface area contributed by atoms with Crippen LogP contribution in [-0.4, -0.2) is 54.4 Å². The molecule has 2 bridgehead atoms. The number of hydrogen-bond donors (Lipinski definition) is 2. The minimum Gasteiger partial charge on any atom is -1.00 e. The number of rotatable bonds is 7. The molecule has 7 heteroatoms. The van der Waals surface area contributed by atoms with E-state index < -0.39 is 11.6 Å². The first-order chi connectivity index (χ1) is 14.1. The lowest BCUT2D eigenvalue weighted by atomic mass is 9.82. The fourth-order valence-corrected chi connectivity index (χ4v) is 5.08. The quantitative estimate of drug-likeness (QED) is 0.439. The van der Waals surface area contributed by atoms with Gasteiger partial charge >= 0.3 is 5.97 Å². The van der Waals surface area contributed by atoms with Gasteiger partial charge in [0.05, 0.1) is 19.6 Å². The Morgan fingerprint density at radius 1 is 1.03 bits per heavy atom. The Balaban J connectivity index is 0.00000171. The highest BCUT2D eigenvalue weighted by atomic mass is 35.5. The van der Waals surface area contributed by atoms with Gasteiger partial charge in [-0.1, -0.05) is 60.7 Å². The van der Waals surface area contributed by atoms with E-state index in [1.807, 2.05) is 36.4 Å². The number of nitrogens with two attached hydrogens (primary N) is 1. The number of carbonyl (C=O) groups excluding carboxylic acids is 1. The van der Waals surface area contributed by atoms with E-state index in [4.69, 9.17) is 10.5 Å². The molecular formula is C24H32Cl2N2O3. The minimum absolute atomic E-state index is 0. The summed E-state index contributed by atoms with van der Waals surface area (Å²) in [6.07, 6.45) is 2.97. The van der Waals surface area contributed by atoms with Crippen molar-refractivity contribution in [3.63, 3.8) is 0 Å². The van der Waals surface area contributed by atoms with Crippen LogP contribution in [-0.2, 0) is 15.1 Å². The maximum absolute atomic E-state index is 13.4. The predicted molar refractivity (Wildman–Crippen MR) is 119 cm³/mol. The van der Waals surface area contributed by atoms with Crippen LogP contribution >= 0.6 is 12.4 Å². The Bertz CT molecular complexity index is 788. The predicted octanol–water partition coefficient (Wildman–Crippen LogP) is -0.151. The number of piperidine rings is 3. The van der Waals surface area contributed by atoms with Crippen LogP contribution < -0.4 is 18.1 Å². The zero-order chi connectivity index (χ0) is 20.3. The SMILES string of the molecule is Cl.NCCC[N+]12CCC(CC1)[C@@H](OC(=O)C(O)(c1ccccc1)c1ccccc1)C2.[Cl-]. The number of ether oxygens (including phenoxy) is 1. The van der Waals surface area contributed by atoms with E-state index >= 15 is 0 Å². The highest BCUT2D eigenvalue weighted by molar-refractivity contribution is 5.86. The molecule has 0 aromatic heterocycles. The molecule has 0 spiro atoms. The summed E-state index contributed by atoms with van der Waals surface area (Å²) in [5.74, 6) is -0.196. The third kappa shape index (κ3) is 5.07. The average Bonchev–Trinajstić information content (AvgIpc) is 2.79. The van der Waals surface area contributed by atoms with Crippen LogP contribution in [0.5, 0.6) is 0 Å². The second kappa shape index (κ2) is 10.8. The first-order valence-corrected chi connectivity index (χ1v) is 10.7. The van der Waals surface area contributed by atoms with Gasteiger partial charge in [0.1, 0.15) is 6.54 Å². The van der Waals surface area contributed by atoms with E-state index in [2.05, 4.69) is 0 Å². The van der Waals surface area contributed by atoms with Crippen molar-refractivity contribution in [2.45, 2.75) is 31.0 Å². The molecule has 5 rings (SSSR count). The Morgan fingerprint density at radius 2 is 1.55 bits per heavy atom. The number of aliphatic hydroxyl groups is 1. The average molecular weight is 467 g/mol. The standard InChI is InChI=1S/C24H31N2O3.2ClH/c25-14-7-15-26-16-12-19(13-17-26)22(18-26)29-23(27)24(28,20-8-3-1-4-9-20)21-10-5-2-6-11-21;;/h1-6,8-11,19,22,28H,7,12-18,25H2;2*1H/q+1;;/p-1/t19?,22-,26?;;/m0../s1. The summed E-state index contributed by atoms with van der Waals surface area (Å²) in [6.45, 7) is 4.84. The lowest BCUT2D eigenvalue weighted by Crippen LogP contribution is -3.00. The van der Waals surface area contributed by atoms with E-state index in [1.54, 1.807) is 24.3 Å². The summed E-state index contributed by atoms with van der Waals surface area (Å²) in [4.78, 5) is 13.4. The normalized spacial score (nSPS) is 24.6. The largest absolute Gasteiger partial charge is 1.00 e. The summed E-state index contributed by atoms with van der Waals surface area (Å²) in [5, 5.41) is 11.6. The Morgan fingerprint density at radius 3 is 2.03 bits per heavy atom. The summed E-state index contributed by atoms with van der Waals surface area (Å²) >= 11 is 0. The molecule has 3 N–H and O–H groups in total. The fraction of sp³-hybridized carbons (Fsp3) is 0.458. The molecule has 0 amide bonds. The molecule has 5 nitrogen and oxygen atoms in total. The van der Waals surface area contributed by atoms with Crippen molar-refractivity contribution in [2.24, 2.45) is 11.7 Å². The third-order valence-corrected chi connectivity index (χ3v) is 6.82.